The first-order valence-corrected chi connectivity index (χ1v) is 9.34. The molecule has 0 saturated carbocycles. The van der Waals surface area contributed by atoms with Gasteiger partial charge in [0.15, 0.2) is 0 Å². The Bertz CT molecular complexity index is 690. The van der Waals surface area contributed by atoms with Gasteiger partial charge >= 0.3 is 0 Å². The fraction of sp³-hybridized carbons (Fsp3) is 0.579. The molecule has 2 aliphatic rings. The lowest BCUT2D eigenvalue weighted by atomic mass is 9.95. The van der Waals surface area contributed by atoms with Gasteiger partial charge in [-0.3, -0.25) is 0 Å². The first-order chi connectivity index (χ1) is 12.7. The average Bonchev–Trinajstić information content (AvgIpc) is 3.07. The Labute approximate surface area is 153 Å². The van der Waals surface area contributed by atoms with Crippen LogP contribution in [0.15, 0.2) is 34.9 Å². The van der Waals surface area contributed by atoms with Crippen molar-refractivity contribution in [3.63, 3.8) is 0 Å². The van der Waals surface area contributed by atoms with E-state index in [9.17, 15) is 5.11 Å². The minimum atomic E-state index is -0.811. The molecule has 140 valence electrons. The number of rotatable bonds is 4. The zero-order valence-electron chi connectivity index (χ0n) is 14.9. The van der Waals surface area contributed by atoms with Crippen LogP contribution in [0.5, 0.6) is 0 Å². The van der Waals surface area contributed by atoms with E-state index in [1.807, 2.05) is 30.3 Å². The van der Waals surface area contributed by atoms with Gasteiger partial charge in [0, 0.05) is 31.1 Å². The second kappa shape index (κ2) is 7.84. The van der Waals surface area contributed by atoms with Gasteiger partial charge in [0.25, 0.3) is 0 Å². The second-order valence-electron chi connectivity index (χ2n) is 7.33. The molecular weight excluding hydrogens is 332 g/mol. The van der Waals surface area contributed by atoms with E-state index in [0.717, 1.165) is 43.9 Å². The van der Waals surface area contributed by atoms with E-state index in [1.54, 1.807) is 0 Å². The minimum Gasteiger partial charge on any atom is -0.385 e. The molecule has 2 aromatic rings. The molecule has 0 spiro atoms. The number of ether oxygens (including phenoxy) is 1. The van der Waals surface area contributed by atoms with Crippen molar-refractivity contribution >= 4 is 0 Å². The van der Waals surface area contributed by atoms with Crippen molar-refractivity contribution in [2.24, 2.45) is 0 Å². The zero-order chi connectivity index (χ0) is 17.8. The van der Waals surface area contributed by atoms with E-state index >= 15 is 0 Å². The molecule has 4 rings (SSSR count). The highest BCUT2D eigenvalue weighted by Gasteiger charge is 2.34. The number of nitrogens with zero attached hydrogens (tertiary/aromatic N) is 3. The summed E-state index contributed by atoms with van der Waals surface area (Å²) in [5, 5.41) is 18.1. The third kappa shape index (κ3) is 4.12. The smallest absolute Gasteiger partial charge is 0.230 e. The van der Waals surface area contributed by atoms with Crippen molar-refractivity contribution in [3.8, 4) is 11.4 Å². The summed E-state index contributed by atoms with van der Waals surface area (Å²) >= 11 is 0. The summed E-state index contributed by atoms with van der Waals surface area (Å²) in [5.41, 5.74) is 0.164. The first kappa shape index (κ1) is 17.6. The van der Waals surface area contributed by atoms with Crippen molar-refractivity contribution in [1.82, 2.24) is 20.4 Å². The number of likely N-dealkylation sites (tertiary alicyclic amines) is 1. The topological polar surface area (TPSA) is 83.7 Å². The molecule has 0 radical (unpaired) electrons. The monoisotopic (exact) mass is 358 g/mol. The molecule has 0 unspecified atom stereocenters. The van der Waals surface area contributed by atoms with Crippen molar-refractivity contribution in [2.75, 3.05) is 45.9 Å². The van der Waals surface area contributed by atoms with Gasteiger partial charge in [0.1, 0.15) is 5.60 Å². The Kier molecular flexibility index (Phi) is 5.31. The summed E-state index contributed by atoms with van der Waals surface area (Å²) < 4.78 is 11.0. The molecule has 26 heavy (non-hydrogen) atoms. The fourth-order valence-electron chi connectivity index (χ4n) is 3.74. The molecule has 1 aromatic heterocycles. The normalized spacial score (nSPS) is 25.9. The summed E-state index contributed by atoms with van der Waals surface area (Å²) in [7, 11) is 0. The van der Waals surface area contributed by atoms with Gasteiger partial charge in [-0.15, -0.1) is 0 Å². The molecule has 1 aromatic carbocycles. The van der Waals surface area contributed by atoms with Gasteiger partial charge in [0.2, 0.25) is 11.7 Å². The van der Waals surface area contributed by atoms with Gasteiger partial charge in [-0.2, -0.15) is 4.98 Å². The van der Waals surface area contributed by atoms with Gasteiger partial charge in [-0.25, -0.2) is 0 Å². The Morgan fingerprint density at radius 3 is 2.85 bits per heavy atom. The standard InChI is InChI=1S/C19H26N4O3/c24-19(12-20-8-11-25-14-19)13-23-9-6-16(7-10-23)18-21-17(22-26-18)15-4-2-1-3-5-15/h1-5,16,20,24H,6-14H2/t19-/m1/s1. The Morgan fingerprint density at radius 2 is 2.04 bits per heavy atom. The third-order valence-corrected chi connectivity index (χ3v) is 5.18. The molecular formula is C19H26N4O3. The molecule has 0 aliphatic carbocycles. The molecule has 0 amide bonds. The van der Waals surface area contributed by atoms with E-state index in [0.29, 0.717) is 32.1 Å². The number of hydrogen-bond acceptors (Lipinski definition) is 7. The van der Waals surface area contributed by atoms with Crippen molar-refractivity contribution in [2.45, 2.75) is 24.4 Å². The highest BCUT2D eigenvalue weighted by Crippen LogP contribution is 2.29. The van der Waals surface area contributed by atoms with E-state index in [2.05, 4.69) is 20.4 Å². The summed E-state index contributed by atoms with van der Waals surface area (Å²) in [6, 6.07) is 9.89. The van der Waals surface area contributed by atoms with Crippen LogP contribution in [0.2, 0.25) is 0 Å². The Hall–Kier alpha value is -1.80. The number of benzene rings is 1. The van der Waals surface area contributed by atoms with Crippen LogP contribution in [0.25, 0.3) is 11.4 Å². The number of β-amino-alcohol motifs (C(OH)–C–C–N with tert-alkyl or cyclic N) is 1. The van der Waals surface area contributed by atoms with E-state index < -0.39 is 5.60 Å². The lowest BCUT2D eigenvalue weighted by Gasteiger charge is -2.36. The van der Waals surface area contributed by atoms with Crippen molar-refractivity contribution < 1.29 is 14.4 Å². The van der Waals surface area contributed by atoms with Crippen LogP contribution in [-0.2, 0) is 4.74 Å². The number of aliphatic hydroxyl groups is 1. The maximum Gasteiger partial charge on any atom is 0.230 e. The fourth-order valence-corrected chi connectivity index (χ4v) is 3.74. The van der Waals surface area contributed by atoms with Crippen LogP contribution in [-0.4, -0.2) is 71.7 Å². The summed E-state index contributed by atoms with van der Waals surface area (Å²) in [5.74, 6) is 1.66. The lowest BCUT2D eigenvalue weighted by Crippen LogP contribution is -2.52. The first-order valence-electron chi connectivity index (χ1n) is 9.34. The van der Waals surface area contributed by atoms with Gasteiger partial charge < -0.3 is 24.6 Å². The molecule has 3 heterocycles. The summed E-state index contributed by atoms with van der Waals surface area (Å²) in [6.45, 7) is 4.88. The Balaban J connectivity index is 1.33. The number of piperidine rings is 1. The van der Waals surface area contributed by atoms with Crippen molar-refractivity contribution in [1.29, 1.82) is 0 Å². The number of nitrogens with one attached hydrogen (secondary N) is 1. The van der Waals surface area contributed by atoms with Gasteiger partial charge in [-0.1, -0.05) is 35.5 Å². The predicted octanol–water partition coefficient (Wildman–Crippen LogP) is 1.27. The third-order valence-electron chi connectivity index (χ3n) is 5.18. The van der Waals surface area contributed by atoms with Crippen LogP contribution in [0.1, 0.15) is 24.7 Å². The van der Waals surface area contributed by atoms with Crippen LogP contribution in [0.4, 0.5) is 0 Å². The molecule has 7 heteroatoms. The molecule has 2 N–H and O–H groups in total. The lowest BCUT2D eigenvalue weighted by molar-refractivity contribution is -0.0523. The largest absolute Gasteiger partial charge is 0.385 e. The quantitative estimate of drug-likeness (QED) is 0.851. The summed E-state index contributed by atoms with van der Waals surface area (Å²) in [6.07, 6.45) is 1.92. The SMILES string of the molecule is O[C@@]1(CN2CCC(c3nc(-c4ccccc4)no3)CC2)CNCCOC1. The number of aromatic nitrogens is 2. The molecule has 0 bridgehead atoms. The maximum atomic E-state index is 10.7. The van der Waals surface area contributed by atoms with Gasteiger partial charge in [-0.05, 0) is 25.9 Å². The van der Waals surface area contributed by atoms with E-state index in [4.69, 9.17) is 9.26 Å². The van der Waals surface area contributed by atoms with Crippen LogP contribution in [0, 0.1) is 0 Å². The average molecular weight is 358 g/mol. The van der Waals surface area contributed by atoms with Gasteiger partial charge in [0.05, 0.1) is 13.2 Å². The molecule has 2 saturated heterocycles. The van der Waals surface area contributed by atoms with Crippen LogP contribution >= 0.6 is 0 Å². The molecule has 7 nitrogen and oxygen atoms in total. The van der Waals surface area contributed by atoms with Crippen molar-refractivity contribution in [3.05, 3.63) is 36.2 Å². The maximum absolute atomic E-state index is 10.7. The molecule has 1 atom stereocenters. The highest BCUT2D eigenvalue weighted by atomic mass is 16.5. The molecule has 2 fully saturated rings. The highest BCUT2D eigenvalue weighted by molar-refractivity contribution is 5.53. The zero-order valence-corrected chi connectivity index (χ0v) is 14.9. The Morgan fingerprint density at radius 1 is 1.23 bits per heavy atom. The minimum absolute atomic E-state index is 0.286. The van der Waals surface area contributed by atoms with Crippen LogP contribution in [0.3, 0.4) is 0 Å². The second-order valence-corrected chi connectivity index (χ2v) is 7.33. The number of hydrogen-bond donors (Lipinski definition) is 2. The van der Waals surface area contributed by atoms with E-state index in [-0.39, 0.29) is 5.92 Å². The predicted molar refractivity (Wildman–Crippen MR) is 96.8 cm³/mol. The summed E-state index contributed by atoms with van der Waals surface area (Å²) in [4.78, 5) is 6.90. The molecule has 2 aliphatic heterocycles. The van der Waals surface area contributed by atoms with E-state index in [1.165, 1.54) is 0 Å². The van der Waals surface area contributed by atoms with Crippen LogP contribution < -0.4 is 5.32 Å².